The van der Waals surface area contributed by atoms with Gasteiger partial charge in [0.1, 0.15) is 0 Å². The summed E-state index contributed by atoms with van der Waals surface area (Å²) in [6.45, 7) is 4.18. The van der Waals surface area contributed by atoms with E-state index in [0.29, 0.717) is 10.9 Å². The second kappa shape index (κ2) is 8.97. The fourth-order valence-corrected chi connectivity index (χ4v) is 3.70. The van der Waals surface area contributed by atoms with Crippen LogP contribution in [-0.4, -0.2) is 23.0 Å². The molecule has 0 saturated carbocycles. The number of aryl methyl sites for hydroxylation is 2. The van der Waals surface area contributed by atoms with Crippen molar-refractivity contribution in [1.29, 1.82) is 0 Å². The quantitative estimate of drug-likeness (QED) is 0.454. The van der Waals surface area contributed by atoms with Gasteiger partial charge in [-0.05, 0) is 55.8 Å². The summed E-state index contributed by atoms with van der Waals surface area (Å²) in [5.74, 6) is 0.363. The van der Waals surface area contributed by atoms with Gasteiger partial charge >= 0.3 is 0 Å². The lowest BCUT2D eigenvalue weighted by Gasteiger charge is -2.25. The fourth-order valence-electron chi connectivity index (χ4n) is 3.07. The number of amidine groups is 1. The number of anilines is 3. The van der Waals surface area contributed by atoms with E-state index in [4.69, 9.17) is 0 Å². The monoisotopic (exact) mass is 414 g/mol. The highest BCUT2D eigenvalue weighted by atomic mass is 32.2. The van der Waals surface area contributed by atoms with Crippen LogP contribution in [0.25, 0.3) is 0 Å². The second-order valence-corrected chi connectivity index (χ2v) is 8.05. The number of nitrogens with zero attached hydrogens (tertiary/aromatic N) is 3. The minimum atomic E-state index is -0.0365. The summed E-state index contributed by atoms with van der Waals surface area (Å²) in [4.78, 5) is 13.4. The van der Waals surface area contributed by atoms with E-state index in [1.807, 2.05) is 12.1 Å². The minimum absolute atomic E-state index is 0.0365. The molecule has 1 aliphatic rings. The van der Waals surface area contributed by atoms with E-state index < -0.39 is 0 Å². The van der Waals surface area contributed by atoms with Crippen molar-refractivity contribution in [3.63, 3.8) is 0 Å². The number of carbonyl (C=O) groups excluding carboxylic acids is 1. The van der Waals surface area contributed by atoms with E-state index >= 15 is 0 Å². The van der Waals surface area contributed by atoms with Crippen molar-refractivity contribution < 1.29 is 4.79 Å². The minimum Gasteiger partial charge on any atom is -0.311 e. The van der Waals surface area contributed by atoms with E-state index in [-0.39, 0.29) is 5.91 Å². The van der Waals surface area contributed by atoms with E-state index in [2.05, 4.69) is 94.9 Å². The fraction of sp³-hybridized carbons (Fsp3) is 0.125. The van der Waals surface area contributed by atoms with Crippen molar-refractivity contribution in [3.8, 4) is 0 Å². The molecule has 1 N–H and O–H groups in total. The van der Waals surface area contributed by atoms with Gasteiger partial charge < -0.3 is 10.2 Å². The van der Waals surface area contributed by atoms with Gasteiger partial charge in [0.05, 0.1) is 12.0 Å². The average molecular weight is 415 g/mol. The molecule has 0 radical (unpaired) electrons. The molecule has 5 nitrogen and oxygen atoms in total. The molecule has 1 fully saturated rings. The number of thioether (sulfide) groups is 1. The van der Waals surface area contributed by atoms with Gasteiger partial charge in [-0.3, -0.25) is 4.79 Å². The third kappa shape index (κ3) is 4.78. The highest BCUT2D eigenvalue weighted by Crippen LogP contribution is 2.34. The molecule has 0 atom stereocenters. The second-order valence-electron chi connectivity index (χ2n) is 7.08. The van der Waals surface area contributed by atoms with E-state index in [1.54, 1.807) is 6.21 Å². The lowest BCUT2D eigenvalue weighted by Crippen LogP contribution is -2.19. The van der Waals surface area contributed by atoms with Crippen LogP contribution < -0.4 is 10.2 Å². The molecule has 1 saturated heterocycles. The highest BCUT2D eigenvalue weighted by molar-refractivity contribution is 8.15. The number of amides is 1. The van der Waals surface area contributed by atoms with Gasteiger partial charge in [-0.2, -0.15) is 5.10 Å². The molecular weight excluding hydrogens is 392 g/mol. The van der Waals surface area contributed by atoms with Crippen molar-refractivity contribution in [2.75, 3.05) is 10.7 Å². The van der Waals surface area contributed by atoms with Crippen molar-refractivity contribution in [2.45, 2.75) is 13.8 Å². The molecule has 1 amide bonds. The zero-order valence-corrected chi connectivity index (χ0v) is 17.7. The largest absolute Gasteiger partial charge is 0.311 e. The number of nitrogens with one attached hydrogen (secondary N) is 1. The van der Waals surface area contributed by atoms with Crippen LogP contribution in [0.2, 0.25) is 0 Å². The number of benzene rings is 3. The molecule has 6 heteroatoms. The van der Waals surface area contributed by atoms with Crippen molar-refractivity contribution in [1.82, 2.24) is 5.32 Å². The average Bonchev–Trinajstić information content (AvgIpc) is 3.17. The summed E-state index contributed by atoms with van der Waals surface area (Å²) in [7, 11) is 0. The summed E-state index contributed by atoms with van der Waals surface area (Å²) in [6.07, 6.45) is 1.68. The maximum Gasteiger partial charge on any atom is 0.236 e. The third-order valence-electron chi connectivity index (χ3n) is 4.68. The molecule has 1 aliphatic heterocycles. The zero-order valence-electron chi connectivity index (χ0n) is 16.9. The first-order valence-electron chi connectivity index (χ1n) is 9.66. The number of rotatable bonds is 5. The Hall–Kier alpha value is -3.38. The molecule has 0 unspecified atom stereocenters. The first kappa shape index (κ1) is 19.9. The van der Waals surface area contributed by atoms with E-state index in [1.165, 1.54) is 22.9 Å². The van der Waals surface area contributed by atoms with Gasteiger partial charge in [0.2, 0.25) is 5.91 Å². The number of hydrogen-bond donors (Lipinski definition) is 1. The normalized spacial score (nSPS) is 15.0. The van der Waals surface area contributed by atoms with Crippen LogP contribution in [0.15, 0.2) is 83.0 Å². The van der Waals surface area contributed by atoms with Gasteiger partial charge in [0.25, 0.3) is 0 Å². The molecule has 0 aliphatic carbocycles. The standard InChI is InChI=1S/C24H22N4OS/c1-17-3-9-20(10-4-17)28(21-11-5-18(2)6-12-21)22-13-7-19(8-14-22)15-25-27-24-26-23(29)16-30-24/h3-15H,16H2,1-2H3,(H,26,27,29). The van der Waals surface area contributed by atoms with Crippen LogP contribution in [0.3, 0.4) is 0 Å². The van der Waals surface area contributed by atoms with Gasteiger partial charge in [0, 0.05) is 17.1 Å². The van der Waals surface area contributed by atoms with E-state index in [0.717, 1.165) is 22.6 Å². The Bertz CT molecular complexity index is 1040. The molecular formula is C24H22N4OS. The topological polar surface area (TPSA) is 57.1 Å². The van der Waals surface area contributed by atoms with Crippen LogP contribution in [0.4, 0.5) is 17.1 Å². The van der Waals surface area contributed by atoms with Crippen LogP contribution in [-0.2, 0) is 4.79 Å². The summed E-state index contributed by atoms with van der Waals surface area (Å²) >= 11 is 1.36. The molecule has 1 heterocycles. The van der Waals surface area contributed by atoms with Crippen LogP contribution in [0.1, 0.15) is 16.7 Å². The summed E-state index contributed by atoms with van der Waals surface area (Å²) < 4.78 is 0. The van der Waals surface area contributed by atoms with Crippen LogP contribution in [0, 0.1) is 13.8 Å². The Morgan fingerprint density at radius 3 is 1.80 bits per heavy atom. The Kier molecular flexibility index (Phi) is 5.95. The molecule has 0 spiro atoms. The third-order valence-corrected chi connectivity index (χ3v) is 5.54. The predicted molar refractivity (Wildman–Crippen MR) is 126 cm³/mol. The predicted octanol–water partition coefficient (Wildman–Crippen LogP) is 5.33. The summed E-state index contributed by atoms with van der Waals surface area (Å²) in [5, 5.41) is 11.3. The zero-order chi connectivity index (χ0) is 20.9. The van der Waals surface area contributed by atoms with Gasteiger partial charge in [-0.1, -0.05) is 59.3 Å². The molecule has 4 rings (SSSR count). The molecule has 3 aromatic rings. The SMILES string of the molecule is Cc1ccc(N(c2ccc(C)cc2)c2ccc(C=NN=C3NC(=O)CS3)cc2)cc1. The molecule has 30 heavy (non-hydrogen) atoms. The molecule has 0 bridgehead atoms. The first-order chi connectivity index (χ1) is 14.6. The number of carbonyl (C=O) groups is 1. The Morgan fingerprint density at radius 2 is 1.33 bits per heavy atom. The molecule has 150 valence electrons. The van der Waals surface area contributed by atoms with Crippen molar-refractivity contribution in [3.05, 3.63) is 89.5 Å². The van der Waals surface area contributed by atoms with Crippen LogP contribution in [0.5, 0.6) is 0 Å². The maximum atomic E-state index is 11.2. The van der Waals surface area contributed by atoms with Crippen molar-refractivity contribution in [2.24, 2.45) is 10.2 Å². The van der Waals surface area contributed by atoms with Crippen LogP contribution >= 0.6 is 11.8 Å². The molecule has 0 aromatic heterocycles. The summed E-state index contributed by atoms with van der Waals surface area (Å²) in [5.41, 5.74) is 6.66. The lowest BCUT2D eigenvalue weighted by atomic mass is 10.1. The van der Waals surface area contributed by atoms with Gasteiger partial charge in [-0.15, -0.1) is 5.10 Å². The Balaban J connectivity index is 1.60. The van der Waals surface area contributed by atoms with E-state index in [9.17, 15) is 4.79 Å². The van der Waals surface area contributed by atoms with Crippen molar-refractivity contribution >= 4 is 46.1 Å². The Labute approximate surface area is 180 Å². The molecule has 3 aromatic carbocycles. The summed E-state index contributed by atoms with van der Waals surface area (Å²) in [6, 6.07) is 25.2. The number of hydrogen-bond acceptors (Lipinski definition) is 5. The smallest absolute Gasteiger partial charge is 0.236 e. The van der Waals surface area contributed by atoms with Gasteiger partial charge in [0.15, 0.2) is 5.17 Å². The lowest BCUT2D eigenvalue weighted by molar-refractivity contribution is -0.116. The van der Waals surface area contributed by atoms with Gasteiger partial charge in [-0.25, -0.2) is 0 Å². The first-order valence-corrected chi connectivity index (χ1v) is 10.6. The maximum absolute atomic E-state index is 11.2. The highest BCUT2D eigenvalue weighted by Gasteiger charge is 2.16. The Morgan fingerprint density at radius 1 is 0.833 bits per heavy atom.